The summed E-state index contributed by atoms with van der Waals surface area (Å²) in [5.74, 6) is 0.385. The molecule has 19 heavy (non-hydrogen) atoms. The van der Waals surface area contributed by atoms with Crippen LogP contribution in [0.15, 0.2) is 0 Å². The molecule has 112 valence electrons. The third kappa shape index (κ3) is 5.48. The standard InChI is InChI=1S/C13H26N2O3S/c1-3-5-8-15(13(16)10-14-7-4-2)12-6-9-19(17,18)11-12/h12,14H,3-11H2,1-2H3. The van der Waals surface area contributed by atoms with Crippen molar-refractivity contribution in [2.75, 3.05) is 31.1 Å². The molecular weight excluding hydrogens is 264 g/mol. The number of hydrogen-bond donors (Lipinski definition) is 1. The maximum atomic E-state index is 12.2. The second kappa shape index (κ2) is 7.85. The van der Waals surface area contributed by atoms with E-state index < -0.39 is 9.84 Å². The maximum Gasteiger partial charge on any atom is 0.236 e. The second-order valence-corrected chi connectivity index (χ2v) is 7.40. The van der Waals surface area contributed by atoms with E-state index in [9.17, 15) is 13.2 Å². The Morgan fingerprint density at radius 3 is 2.58 bits per heavy atom. The van der Waals surface area contributed by atoms with E-state index in [1.54, 1.807) is 4.90 Å². The Hall–Kier alpha value is -0.620. The van der Waals surface area contributed by atoms with Gasteiger partial charge in [0.15, 0.2) is 9.84 Å². The highest BCUT2D eigenvalue weighted by atomic mass is 32.2. The van der Waals surface area contributed by atoms with Gasteiger partial charge in [-0.3, -0.25) is 4.79 Å². The van der Waals surface area contributed by atoms with Gasteiger partial charge in [-0.15, -0.1) is 0 Å². The van der Waals surface area contributed by atoms with Gasteiger partial charge in [-0.2, -0.15) is 0 Å². The van der Waals surface area contributed by atoms with E-state index in [0.717, 1.165) is 25.8 Å². The Kier molecular flexibility index (Phi) is 6.79. The molecule has 0 bridgehead atoms. The molecule has 0 aromatic carbocycles. The summed E-state index contributed by atoms with van der Waals surface area (Å²) in [5, 5.41) is 3.10. The number of rotatable bonds is 8. The minimum absolute atomic E-state index is 0.0315. The van der Waals surface area contributed by atoms with E-state index in [0.29, 0.717) is 19.5 Å². The van der Waals surface area contributed by atoms with Crippen LogP contribution in [0.4, 0.5) is 0 Å². The summed E-state index contributed by atoms with van der Waals surface area (Å²) in [7, 11) is -2.94. The van der Waals surface area contributed by atoms with Crippen LogP contribution in [0.25, 0.3) is 0 Å². The fourth-order valence-corrected chi connectivity index (χ4v) is 4.06. The maximum absolute atomic E-state index is 12.2. The highest BCUT2D eigenvalue weighted by molar-refractivity contribution is 7.91. The van der Waals surface area contributed by atoms with Gasteiger partial charge in [0, 0.05) is 12.6 Å². The summed E-state index contributed by atoms with van der Waals surface area (Å²) in [6.45, 7) is 5.92. The van der Waals surface area contributed by atoms with Crippen LogP contribution in [0, 0.1) is 0 Å². The molecule has 1 fully saturated rings. The number of amides is 1. The summed E-state index contributed by atoms with van der Waals surface area (Å²) >= 11 is 0. The molecule has 0 aliphatic carbocycles. The molecule has 0 spiro atoms. The molecule has 0 radical (unpaired) electrons. The van der Waals surface area contributed by atoms with Gasteiger partial charge in [0.25, 0.3) is 0 Å². The predicted molar refractivity (Wildman–Crippen MR) is 76.8 cm³/mol. The zero-order valence-corrected chi connectivity index (χ0v) is 12.8. The van der Waals surface area contributed by atoms with Crippen molar-refractivity contribution in [1.29, 1.82) is 0 Å². The van der Waals surface area contributed by atoms with Crippen molar-refractivity contribution >= 4 is 15.7 Å². The highest BCUT2D eigenvalue weighted by Crippen LogP contribution is 2.18. The van der Waals surface area contributed by atoms with Gasteiger partial charge in [0.1, 0.15) is 0 Å². The van der Waals surface area contributed by atoms with Crippen molar-refractivity contribution in [3.63, 3.8) is 0 Å². The Bertz CT molecular complexity index is 381. The molecule has 1 amide bonds. The predicted octanol–water partition coefficient (Wildman–Crippen LogP) is 0.802. The van der Waals surface area contributed by atoms with Gasteiger partial charge in [0.2, 0.25) is 5.91 Å². The Morgan fingerprint density at radius 2 is 2.05 bits per heavy atom. The van der Waals surface area contributed by atoms with E-state index in [4.69, 9.17) is 0 Å². The lowest BCUT2D eigenvalue weighted by Crippen LogP contribution is -2.45. The summed E-state index contributed by atoms with van der Waals surface area (Å²) < 4.78 is 23.1. The van der Waals surface area contributed by atoms with Crippen LogP contribution >= 0.6 is 0 Å². The van der Waals surface area contributed by atoms with Gasteiger partial charge in [0.05, 0.1) is 18.1 Å². The average molecular weight is 290 g/mol. The van der Waals surface area contributed by atoms with Crippen LogP contribution < -0.4 is 5.32 Å². The zero-order chi connectivity index (χ0) is 14.3. The molecule has 1 unspecified atom stereocenters. The van der Waals surface area contributed by atoms with Crippen molar-refractivity contribution < 1.29 is 13.2 Å². The molecule has 5 nitrogen and oxygen atoms in total. The third-order valence-corrected chi connectivity index (χ3v) is 5.18. The first-order chi connectivity index (χ1) is 9.00. The Morgan fingerprint density at radius 1 is 1.32 bits per heavy atom. The number of hydrogen-bond acceptors (Lipinski definition) is 4. The summed E-state index contributed by atoms with van der Waals surface area (Å²) in [6.07, 6.45) is 3.51. The van der Waals surface area contributed by atoms with Crippen LogP contribution in [-0.4, -0.2) is 56.4 Å². The molecule has 0 saturated carbocycles. The first-order valence-electron chi connectivity index (χ1n) is 7.20. The summed E-state index contributed by atoms with van der Waals surface area (Å²) in [6, 6.07) is -0.118. The van der Waals surface area contributed by atoms with Gasteiger partial charge in [-0.25, -0.2) is 8.42 Å². The summed E-state index contributed by atoms with van der Waals surface area (Å²) in [5.41, 5.74) is 0. The van der Waals surface area contributed by atoms with Gasteiger partial charge >= 0.3 is 0 Å². The smallest absolute Gasteiger partial charge is 0.236 e. The minimum atomic E-state index is -2.94. The van der Waals surface area contributed by atoms with E-state index in [1.807, 2.05) is 0 Å². The van der Waals surface area contributed by atoms with E-state index in [-0.39, 0.29) is 23.5 Å². The number of unbranched alkanes of at least 4 members (excludes halogenated alkanes) is 1. The van der Waals surface area contributed by atoms with Crippen LogP contribution in [0.1, 0.15) is 39.5 Å². The van der Waals surface area contributed by atoms with Crippen molar-refractivity contribution in [2.45, 2.75) is 45.6 Å². The van der Waals surface area contributed by atoms with E-state index >= 15 is 0 Å². The number of carbonyl (C=O) groups excluding carboxylic acids is 1. The van der Waals surface area contributed by atoms with Crippen LogP contribution in [0.3, 0.4) is 0 Å². The molecule has 1 atom stereocenters. The quantitative estimate of drug-likeness (QED) is 0.672. The first kappa shape index (κ1) is 16.4. The molecule has 1 saturated heterocycles. The zero-order valence-electron chi connectivity index (χ0n) is 12.0. The lowest BCUT2D eigenvalue weighted by Gasteiger charge is -2.28. The summed E-state index contributed by atoms with van der Waals surface area (Å²) in [4.78, 5) is 14.0. The molecule has 0 aromatic rings. The largest absolute Gasteiger partial charge is 0.338 e. The lowest BCUT2D eigenvalue weighted by atomic mass is 10.2. The fraction of sp³-hybridized carbons (Fsp3) is 0.923. The normalized spacial score (nSPS) is 21.5. The third-order valence-electron chi connectivity index (χ3n) is 3.43. The van der Waals surface area contributed by atoms with Gasteiger partial charge in [-0.1, -0.05) is 20.3 Å². The number of sulfone groups is 1. The molecule has 1 rings (SSSR count). The molecule has 1 aliphatic heterocycles. The number of nitrogens with zero attached hydrogens (tertiary/aromatic N) is 1. The molecule has 1 aliphatic rings. The average Bonchev–Trinajstić information content (AvgIpc) is 2.70. The van der Waals surface area contributed by atoms with Crippen molar-refractivity contribution in [3.8, 4) is 0 Å². The molecule has 6 heteroatoms. The first-order valence-corrected chi connectivity index (χ1v) is 9.03. The van der Waals surface area contributed by atoms with Crippen molar-refractivity contribution in [1.82, 2.24) is 10.2 Å². The highest BCUT2D eigenvalue weighted by Gasteiger charge is 2.33. The Balaban J connectivity index is 2.58. The van der Waals surface area contributed by atoms with Gasteiger partial charge < -0.3 is 10.2 Å². The van der Waals surface area contributed by atoms with Crippen LogP contribution in [0.2, 0.25) is 0 Å². The van der Waals surface area contributed by atoms with Gasteiger partial charge in [-0.05, 0) is 25.8 Å². The van der Waals surface area contributed by atoms with Crippen molar-refractivity contribution in [3.05, 3.63) is 0 Å². The van der Waals surface area contributed by atoms with Crippen LogP contribution in [0.5, 0.6) is 0 Å². The topological polar surface area (TPSA) is 66.5 Å². The monoisotopic (exact) mass is 290 g/mol. The molecule has 1 N–H and O–H groups in total. The minimum Gasteiger partial charge on any atom is -0.338 e. The SMILES string of the molecule is CCCCN(C(=O)CNCCC)C1CCS(=O)(=O)C1. The number of nitrogens with one attached hydrogen (secondary N) is 1. The van der Waals surface area contributed by atoms with E-state index in [2.05, 4.69) is 19.2 Å². The second-order valence-electron chi connectivity index (χ2n) is 5.17. The lowest BCUT2D eigenvalue weighted by molar-refractivity contribution is -0.132. The van der Waals surface area contributed by atoms with E-state index in [1.165, 1.54) is 0 Å². The fourth-order valence-electron chi connectivity index (χ4n) is 2.33. The molecule has 1 heterocycles. The van der Waals surface area contributed by atoms with Crippen LogP contribution in [-0.2, 0) is 14.6 Å². The number of carbonyl (C=O) groups is 1. The molecular formula is C13H26N2O3S. The Labute approximate surface area is 116 Å². The van der Waals surface area contributed by atoms with Crippen molar-refractivity contribution in [2.24, 2.45) is 0 Å². The molecule has 0 aromatic heterocycles.